The van der Waals surface area contributed by atoms with Gasteiger partial charge < -0.3 is 20.1 Å². The van der Waals surface area contributed by atoms with Crippen LogP contribution in [-0.2, 0) is 28.4 Å². The zero-order chi connectivity index (χ0) is 3.58. The summed E-state index contributed by atoms with van der Waals surface area (Å²) in [7, 11) is 0. The number of hydrogen-bond donors (Lipinski definition) is 0. The summed E-state index contributed by atoms with van der Waals surface area (Å²) in [6.45, 7) is 0. The van der Waals surface area contributed by atoms with Crippen molar-refractivity contribution >= 4 is 11.4 Å². The van der Waals surface area contributed by atoms with Gasteiger partial charge in [0.25, 0.3) is 0 Å². The van der Waals surface area contributed by atoms with Crippen LogP contribution in [0.15, 0.2) is 0 Å². The number of hydrogen-bond acceptors (Lipinski definition) is 4. The Balaban J connectivity index is -0.0000000150. The number of rotatable bonds is 0. The van der Waals surface area contributed by atoms with Crippen LogP contribution in [0, 0.1) is 0 Å². The van der Waals surface area contributed by atoms with Crippen molar-refractivity contribution in [1.29, 1.82) is 0 Å². The second-order valence-electron chi connectivity index (χ2n) is 0.204. The molecule has 53 valence electrons. The SMILES string of the molecule is O.O=S([O-])[O-].[Cu].[OH-]. The van der Waals surface area contributed by atoms with Gasteiger partial charge in [-0.15, -0.1) is 11.4 Å². The molecule has 0 rings (SSSR count). The summed E-state index contributed by atoms with van der Waals surface area (Å²) in [4.78, 5) is 0. The van der Waals surface area contributed by atoms with Crippen molar-refractivity contribution in [1.82, 2.24) is 0 Å². The Kier molecular flexibility index (Phi) is 59.2. The molecule has 1 radical (unpaired) electrons. The van der Waals surface area contributed by atoms with Gasteiger partial charge in [0.2, 0.25) is 0 Å². The molecule has 0 fully saturated rings. The first-order chi connectivity index (χ1) is 1.73. The van der Waals surface area contributed by atoms with E-state index in [2.05, 4.69) is 0 Å². The Hall–Kier alpha value is 0.509. The van der Waals surface area contributed by atoms with E-state index in [1.807, 2.05) is 0 Å². The van der Waals surface area contributed by atoms with Crippen LogP contribution in [0.5, 0.6) is 0 Å². The summed E-state index contributed by atoms with van der Waals surface area (Å²) in [5.41, 5.74) is 0. The Labute approximate surface area is 53.3 Å². The molecule has 7 heavy (non-hydrogen) atoms. The van der Waals surface area contributed by atoms with Crippen molar-refractivity contribution in [3.63, 3.8) is 0 Å². The summed E-state index contributed by atoms with van der Waals surface area (Å²) in [5, 5.41) is 0. The van der Waals surface area contributed by atoms with Crippen molar-refractivity contribution in [3.05, 3.63) is 0 Å². The quantitative estimate of drug-likeness (QED) is 0.314. The molecule has 0 aliphatic rings. The summed E-state index contributed by atoms with van der Waals surface area (Å²) in [6, 6.07) is 0. The average Bonchev–Trinajstić information content (AvgIpc) is 0.811. The van der Waals surface area contributed by atoms with E-state index in [0.29, 0.717) is 0 Å². The topological polar surface area (TPSA) is 125 Å². The van der Waals surface area contributed by atoms with Crippen LogP contribution in [0.4, 0.5) is 0 Å². The van der Waals surface area contributed by atoms with E-state index < -0.39 is 11.4 Å². The average molecular weight is 179 g/mol. The fourth-order valence-electron chi connectivity index (χ4n) is 0. The van der Waals surface area contributed by atoms with E-state index in [1.165, 1.54) is 0 Å². The summed E-state index contributed by atoms with van der Waals surface area (Å²) >= 11 is -3.11. The standard InChI is InChI=1S/Cu.H2O3S.2H2O/c;1-4(2)3;;/h;(H2,1,2,3);2*1H2/p-3. The van der Waals surface area contributed by atoms with Crippen molar-refractivity contribution in [2.24, 2.45) is 0 Å². The third-order valence-electron chi connectivity index (χ3n) is 0. The molecular weight excluding hydrogens is 176 g/mol. The van der Waals surface area contributed by atoms with Gasteiger partial charge in [-0.25, -0.2) is 0 Å². The van der Waals surface area contributed by atoms with Gasteiger partial charge in [0.1, 0.15) is 0 Å². The summed E-state index contributed by atoms with van der Waals surface area (Å²) in [5.74, 6) is 0. The van der Waals surface area contributed by atoms with E-state index in [4.69, 9.17) is 13.3 Å². The van der Waals surface area contributed by atoms with Crippen molar-refractivity contribution in [3.8, 4) is 0 Å². The predicted octanol–water partition coefficient (Wildman–Crippen LogP) is -2.01. The van der Waals surface area contributed by atoms with E-state index in [-0.39, 0.29) is 28.0 Å². The summed E-state index contributed by atoms with van der Waals surface area (Å²) in [6.07, 6.45) is 0. The third-order valence-corrected chi connectivity index (χ3v) is 0. The van der Waals surface area contributed by atoms with Gasteiger partial charge in [-0.3, -0.25) is 4.21 Å². The largest absolute Gasteiger partial charge is 0.870 e. The van der Waals surface area contributed by atoms with Crippen LogP contribution in [0.1, 0.15) is 0 Å². The van der Waals surface area contributed by atoms with E-state index in [1.54, 1.807) is 0 Å². The van der Waals surface area contributed by atoms with Crippen LogP contribution in [-0.4, -0.2) is 24.3 Å². The van der Waals surface area contributed by atoms with Gasteiger partial charge in [0.05, 0.1) is 0 Å². The molecule has 0 saturated heterocycles. The molecule has 0 unspecified atom stereocenters. The van der Waals surface area contributed by atoms with E-state index >= 15 is 0 Å². The Morgan fingerprint density at radius 2 is 1.29 bits per heavy atom. The fourth-order valence-corrected chi connectivity index (χ4v) is 0. The Morgan fingerprint density at radius 3 is 1.29 bits per heavy atom. The minimum absolute atomic E-state index is 0. The Bertz CT molecular complexity index is 31.1. The van der Waals surface area contributed by atoms with Crippen LogP contribution in [0.3, 0.4) is 0 Å². The zero-order valence-electron chi connectivity index (χ0n) is 2.88. The molecule has 0 saturated carbocycles. The molecule has 0 amide bonds. The van der Waals surface area contributed by atoms with Crippen molar-refractivity contribution in [2.45, 2.75) is 0 Å². The first-order valence-electron chi connectivity index (χ1n) is 0.500. The van der Waals surface area contributed by atoms with Crippen LogP contribution >= 0.6 is 0 Å². The molecule has 0 spiro atoms. The van der Waals surface area contributed by atoms with Gasteiger partial charge >= 0.3 is 0 Å². The molecule has 0 aromatic rings. The molecule has 5 nitrogen and oxygen atoms in total. The molecular formula is H3CuO5S-3. The van der Waals surface area contributed by atoms with E-state index in [0.717, 1.165) is 0 Å². The van der Waals surface area contributed by atoms with Crippen LogP contribution in [0.2, 0.25) is 0 Å². The maximum Gasteiger partial charge on any atom is 0 e. The monoisotopic (exact) mass is 178 g/mol. The molecule has 0 aliphatic heterocycles. The van der Waals surface area contributed by atoms with Gasteiger partial charge in [-0.1, -0.05) is 0 Å². The zero-order valence-corrected chi connectivity index (χ0v) is 4.64. The second-order valence-corrected chi connectivity index (χ2v) is 0.612. The first kappa shape index (κ1) is 25.8. The van der Waals surface area contributed by atoms with Crippen LogP contribution < -0.4 is 0 Å². The molecule has 0 aromatic carbocycles. The molecule has 0 bridgehead atoms. The smallest absolute Gasteiger partial charge is 0 e. The fraction of sp³-hybridized carbons (Fsp3) is 0. The maximum absolute atomic E-state index is 8.44. The normalized spacial score (nSPS) is 5.00. The molecule has 0 heterocycles. The molecule has 3 N–H and O–H groups in total. The molecule has 7 heteroatoms. The minimum Gasteiger partial charge on any atom is -0.870 e. The maximum atomic E-state index is 8.44. The van der Waals surface area contributed by atoms with Gasteiger partial charge in [-0.05, 0) is 0 Å². The molecule has 0 aromatic heterocycles. The van der Waals surface area contributed by atoms with Crippen molar-refractivity contribution in [2.75, 3.05) is 0 Å². The van der Waals surface area contributed by atoms with Gasteiger partial charge in [0, 0.05) is 17.1 Å². The first-order valence-corrected chi connectivity index (χ1v) is 1.50. The molecule has 0 aliphatic carbocycles. The molecule has 0 atom stereocenters. The van der Waals surface area contributed by atoms with E-state index in [9.17, 15) is 0 Å². The van der Waals surface area contributed by atoms with Gasteiger partial charge in [-0.2, -0.15) is 0 Å². The third kappa shape index (κ3) is 510. The second kappa shape index (κ2) is 16.0. The van der Waals surface area contributed by atoms with Crippen molar-refractivity contribution < 1.29 is 41.3 Å². The van der Waals surface area contributed by atoms with Gasteiger partial charge in [0.15, 0.2) is 0 Å². The summed E-state index contributed by atoms with van der Waals surface area (Å²) < 4.78 is 25.3. The minimum atomic E-state index is -3.11. The van der Waals surface area contributed by atoms with Crippen LogP contribution in [0.25, 0.3) is 0 Å². The Morgan fingerprint density at radius 1 is 1.29 bits per heavy atom. The predicted molar refractivity (Wildman–Crippen MR) is 15.2 cm³/mol.